The van der Waals surface area contributed by atoms with Gasteiger partial charge in [0.1, 0.15) is 17.5 Å². The second-order valence-electron chi connectivity index (χ2n) is 4.44. The van der Waals surface area contributed by atoms with Gasteiger partial charge in [-0.25, -0.2) is 9.97 Å². The van der Waals surface area contributed by atoms with Gasteiger partial charge in [0.15, 0.2) is 0 Å². The van der Waals surface area contributed by atoms with Gasteiger partial charge in [0.05, 0.1) is 5.69 Å². The third-order valence-electron chi connectivity index (χ3n) is 2.47. The van der Waals surface area contributed by atoms with E-state index in [0.717, 1.165) is 15.1 Å². The lowest BCUT2D eigenvalue weighted by Crippen LogP contribution is -2.05. The molecule has 19 heavy (non-hydrogen) atoms. The Labute approximate surface area is 130 Å². The largest absolute Gasteiger partial charge is 0.384 e. The Morgan fingerprint density at radius 2 is 2.00 bits per heavy atom. The molecular formula is C13H14ClIN4. The minimum absolute atomic E-state index is 0.230. The molecule has 1 heterocycles. The molecule has 0 aliphatic rings. The van der Waals surface area contributed by atoms with E-state index in [0.29, 0.717) is 16.7 Å². The van der Waals surface area contributed by atoms with Crippen molar-refractivity contribution < 1.29 is 0 Å². The molecule has 1 aromatic carbocycles. The number of nitrogens with two attached hydrogens (primary N) is 1. The Bertz CT molecular complexity index is 601. The molecule has 0 bridgehead atoms. The third kappa shape index (κ3) is 3.70. The van der Waals surface area contributed by atoms with Crippen LogP contribution in [0.5, 0.6) is 0 Å². The van der Waals surface area contributed by atoms with E-state index in [2.05, 4.69) is 37.9 Å². The van der Waals surface area contributed by atoms with Crippen LogP contribution in [0.1, 0.15) is 25.6 Å². The van der Waals surface area contributed by atoms with Gasteiger partial charge >= 0.3 is 0 Å². The monoisotopic (exact) mass is 388 g/mol. The summed E-state index contributed by atoms with van der Waals surface area (Å²) in [5, 5.41) is 3.95. The van der Waals surface area contributed by atoms with Crippen LogP contribution >= 0.6 is 34.2 Å². The van der Waals surface area contributed by atoms with Crippen LogP contribution in [0.4, 0.5) is 17.3 Å². The summed E-state index contributed by atoms with van der Waals surface area (Å²) in [7, 11) is 0. The van der Waals surface area contributed by atoms with E-state index in [1.165, 1.54) is 0 Å². The standard InChI is InChI=1S/C13H14ClIN4/c1-7(2)13-18-11(16)6-12(19-13)17-10-4-3-8(14)5-9(10)15/h3-7H,1-2H3,(H3,16,17,18,19). The molecule has 2 rings (SSSR count). The van der Waals surface area contributed by atoms with Crippen molar-refractivity contribution in [3.05, 3.63) is 38.7 Å². The summed E-state index contributed by atoms with van der Waals surface area (Å²) in [6.07, 6.45) is 0. The summed E-state index contributed by atoms with van der Waals surface area (Å²) in [4.78, 5) is 8.67. The van der Waals surface area contributed by atoms with Crippen LogP contribution in [0.15, 0.2) is 24.3 Å². The van der Waals surface area contributed by atoms with Gasteiger partial charge in [0, 0.05) is 20.6 Å². The van der Waals surface area contributed by atoms with E-state index in [1.807, 2.05) is 32.0 Å². The number of aromatic nitrogens is 2. The molecule has 0 saturated carbocycles. The first-order valence-corrected chi connectivity index (χ1v) is 7.28. The molecule has 0 radical (unpaired) electrons. The molecule has 6 heteroatoms. The number of hydrogen-bond acceptors (Lipinski definition) is 4. The number of benzene rings is 1. The smallest absolute Gasteiger partial charge is 0.136 e. The number of anilines is 3. The molecule has 3 N–H and O–H groups in total. The van der Waals surface area contributed by atoms with Crippen molar-refractivity contribution in [1.82, 2.24) is 9.97 Å². The van der Waals surface area contributed by atoms with Crippen molar-refractivity contribution in [3.63, 3.8) is 0 Å². The number of hydrogen-bond donors (Lipinski definition) is 2. The molecule has 0 amide bonds. The minimum Gasteiger partial charge on any atom is -0.384 e. The summed E-state index contributed by atoms with van der Waals surface area (Å²) in [5.74, 6) is 2.11. The highest BCUT2D eigenvalue weighted by molar-refractivity contribution is 14.1. The van der Waals surface area contributed by atoms with Crippen molar-refractivity contribution in [2.75, 3.05) is 11.1 Å². The second kappa shape index (κ2) is 5.92. The first-order chi connectivity index (χ1) is 8.95. The van der Waals surface area contributed by atoms with Gasteiger partial charge in [0.2, 0.25) is 0 Å². The predicted molar refractivity (Wildman–Crippen MR) is 88.0 cm³/mol. The average molecular weight is 389 g/mol. The van der Waals surface area contributed by atoms with Crippen molar-refractivity contribution in [2.24, 2.45) is 0 Å². The molecule has 0 aliphatic carbocycles. The normalized spacial score (nSPS) is 10.8. The van der Waals surface area contributed by atoms with Gasteiger partial charge in [-0.1, -0.05) is 25.4 Å². The Morgan fingerprint density at radius 1 is 1.26 bits per heavy atom. The zero-order chi connectivity index (χ0) is 14.0. The topological polar surface area (TPSA) is 63.8 Å². The van der Waals surface area contributed by atoms with E-state index in [1.54, 1.807) is 6.07 Å². The van der Waals surface area contributed by atoms with Crippen molar-refractivity contribution >= 4 is 51.5 Å². The Kier molecular flexibility index (Phi) is 4.46. The van der Waals surface area contributed by atoms with E-state index in [-0.39, 0.29) is 5.92 Å². The number of halogens is 2. The van der Waals surface area contributed by atoms with Crippen molar-refractivity contribution in [1.29, 1.82) is 0 Å². The lowest BCUT2D eigenvalue weighted by atomic mass is 10.2. The predicted octanol–water partition coefficient (Wildman–Crippen LogP) is 4.18. The number of rotatable bonds is 3. The van der Waals surface area contributed by atoms with E-state index in [4.69, 9.17) is 17.3 Å². The van der Waals surface area contributed by atoms with Gasteiger partial charge in [0.25, 0.3) is 0 Å². The maximum Gasteiger partial charge on any atom is 0.136 e. The molecule has 0 spiro atoms. The van der Waals surface area contributed by atoms with Gasteiger partial charge in [-0.05, 0) is 40.8 Å². The fourth-order valence-electron chi connectivity index (χ4n) is 1.54. The molecule has 0 atom stereocenters. The summed E-state index contributed by atoms with van der Waals surface area (Å²) in [6, 6.07) is 7.35. The first kappa shape index (κ1) is 14.3. The quantitative estimate of drug-likeness (QED) is 0.774. The second-order valence-corrected chi connectivity index (χ2v) is 6.04. The van der Waals surface area contributed by atoms with Crippen LogP contribution < -0.4 is 11.1 Å². The lowest BCUT2D eigenvalue weighted by Gasteiger charge is -2.11. The van der Waals surface area contributed by atoms with E-state index >= 15 is 0 Å². The van der Waals surface area contributed by atoms with Gasteiger partial charge in [-0.3, -0.25) is 0 Å². The Hall–Kier alpha value is -1.08. The SMILES string of the molecule is CC(C)c1nc(N)cc(Nc2ccc(Cl)cc2I)n1. The highest BCUT2D eigenvalue weighted by atomic mass is 127. The van der Waals surface area contributed by atoms with Crippen LogP contribution in [-0.4, -0.2) is 9.97 Å². The fourth-order valence-corrected chi connectivity index (χ4v) is 2.54. The molecule has 0 aliphatic heterocycles. The average Bonchev–Trinajstić information content (AvgIpc) is 2.32. The molecule has 0 unspecified atom stereocenters. The maximum atomic E-state index is 5.93. The summed E-state index contributed by atoms with van der Waals surface area (Å²) in [6.45, 7) is 4.06. The summed E-state index contributed by atoms with van der Waals surface area (Å²) < 4.78 is 1.02. The Morgan fingerprint density at radius 3 is 2.63 bits per heavy atom. The van der Waals surface area contributed by atoms with E-state index < -0.39 is 0 Å². The minimum atomic E-state index is 0.230. The van der Waals surface area contributed by atoms with E-state index in [9.17, 15) is 0 Å². The van der Waals surface area contributed by atoms with Crippen LogP contribution in [0.3, 0.4) is 0 Å². The highest BCUT2D eigenvalue weighted by Crippen LogP contribution is 2.26. The third-order valence-corrected chi connectivity index (χ3v) is 3.60. The van der Waals surface area contributed by atoms with Crippen molar-refractivity contribution in [2.45, 2.75) is 19.8 Å². The van der Waals surface area contributed by atoms with Gasteiger partial charge in [-0.15, -0.1) is 0 Å². The zero-order valence-corrected chi connectivity index (χ0v) is 13.5. The molecule has 1 aromatic heterocycles. The van der Waals surface area contributed by atoms with Crippen LogP contribution in [0.2, 0.25) is 5.02 Å². The van der Waals surface area contributed by atoms with Crippen LogP contribution in [0, 0.1) is 3.57 Å². The summed E-state index contributed by atoms with van der Waals surface area (Å²) >= 11 is 8.16. The molecule has 4 nitrogen and oxygen atoms in total. The molecule has 2 aromatic rings. The number of nitrogen functional groups attached to an aromatic ring is 1. The fraction of sp³-hybridized carbons (Fsp3) is 0.231. The lowest BCUT2D eigenvalue weighted by molar-refractivity contribution is 0.779. The highest BCUT2D eigenvalue weighted by Gasteiger charge is 2.08. The first-order valence-electron chi connectivity index (χ1n) is 5.82. The molecule has 0 fully saturated rings. The summed E-state index contributed by atoms with van der Waals surface area (Å²) in [5.41, 5.74) is 6.74. The van der Waals surface area contributed by atoms with Gasteiger partial charge in [-0.2, -0.15) is 0 Å². The van der Waals surface area contributed by atoms with Crippen LogP contribution in [0.25, 0.3) is 0 Å². The van der Waals surface area contributed by atoms with Crippen LogP contribution in [-0.2, 0) is 0 Å². The van der Waals surface area contributed by atoms with Crippen molar-refractivity contribution in [3.8, 4) is 0 Å². The van der Waals surface area contributed by atoms with Gasteiger partial charge < -0.3 is 11.1 Å². The maximum absolute atomic E-state index is 5.93. The molecule has 0 saturated heterocycles. The molecule has 100 valence electrons. The Balaban J connectivity index is 2.32. The molecular weight excluding hydrogens is 375 g/mol. The number of nitrogens with zero attached hydrogens (tertiary/aromatic N) is 2. The zero-order valence-electron chi connectivity index (χ0n) is 10.6. The number of nitrogens with one attached hydrogen (secondary N) is 1.